The first-order valence-electron chi connectivity index (χ1n) is 7.65. The lowest BCUT2D eigenvalue weighted by Crippen LogP contribution is -2.27. The highest BCUT2D eigenvalue weighted by molar-refractivity contribution is 5.70. The molecular formula is C19H23NO3. The van der Waals surface area contributed by atoms with Crippen molar-refractivity contribution >= 4 is 5.97 Å². The Hall–Kier alpha value is -2.33. The molecule has 2 rings (SSSR count). The average molecular weight is 313 g/mol. The van der Waals surface area contributed by atoms with Gasteiger partial charge >= 0.3 is 5.97 Å². The van der Waals surface area contributed by atoms with Gasteiger partial charge in [-0.05, 0) is 30.2 Å². The van der Waals surface area contributed by atoms with E-state index in [9.17, 15) is 4.79 Å². The molecule has 0 fully saturated rings. The molecule has 2 atom stereocenters. The SMILES string of the molecule is COC(=O)C[C@H](N[C@H](C)c1ccccc1)c1ccc(OC)cc1. The van der Waals surface area contributed by atoms with E-state index in [0.29, 0.717) is 0 Å². The van der Waals surface area contributed by atoms with Crippen molar-refractivity contribution in [3.63, 3.8) is 0 Å². The number of esters is 1. The Morgan fingerprint density at radius 1 is 1.00 bits per heavy atom. The topological polar surface area (TPSA) is 47.6 Å². The fourth-order valence-electron chi connectivity index (χ4n) is 2.50. The van der Waals surface area contributed by atoms with E-state index < -0.39 is 0 Å². The highest BCUT2D eigenvalue weighted by Gasteiger charge is 2.19. The standard InChI is InChI=1S/C19H23NO3/c1-14(15-7-5-4-6-8-15)20-18(13-19(21)23-3)16-9-11-17(22-2)12-10-16/h4-12,14,18,20H,13H2,1-3H3/t14-,18+/m1/s1. The van der Waals surface area contributed by atoms with Crippen LogP contribution in [0.1, 0.15) is 36.6 Å². The molecular weight excluding hydrogens is 290 g/mol. The number of nitrogens with one attached hydrogen (secondary N) is 1. The fraction of sp³-hybridized carbons (Fsp3) is 0.316. The summed E-state index contributed by atoms with van der Waals surface area (Å²) in [4.78, 5) is 11.7. The zero-order chi connectivity index (χ0) is 16.7. The normalized spacial score (nSPS) is 13.2. The van der Waals surface area contributed by atoms with Crippen molar-refractivity contribution in [1.29, 1.82) is 0 Å². The van der Waals surface area contributed by atoms with Crippen LogP contribution in [0.25, 0.3) is 0 Å². The Morgan fingerprint density at radius 3 is 2.22 bits per heavy atom. The van der Waals surface area contributed by atoms with Crippen molar-refractivity contribution in [2.75, 3.05) is 14.2 Å². The van der Waals surface area contributed by atoms with Gasteiger partial charge < -0.3 is 14.8 Å². The molecule has 122 valence electrons. The van der Waals surface area contributed by atoms with Gasteiger partial charge in [-0.2, -0.15) is 0 Å². The zero-order valence-corrected chi connectivity index (χ0v) is 13.8. The third-order valence-corrected chi connectivity index (χ3v) is 3.87. The molecule has 0 radical (unpaired) electrons. The summed E-state index contributed by atoms with van der Waals surface area (Å²) < 4.78 is 10.0. The molecule has 0 saturated heterocycles. The lowest BCUT2D eigenvalue weighted by Gasteiger charge is -2.23. The maximum atomic E-state index is 11.7. The number of carbonyl (C=O) groups is 1. The van der Waals surface area contributed by atoms with Crippen LogP contribution >= 0.6 is 0 Å². The molecule has 0 saturated carbocycles. The van der Waals surface area contributed by atoms with Gasteiger partial charge in [-0.3, -0.25) is 4.79 Å². The molecule has 0 bridgehead atoms. The predicted molar refractivity (Wildman–Crippen MR) is 90.4 cm³/mol. The third-order valence-electron chi connectivity index (χ3n) is 3.87. The van der Waals surface area contributed by atoms with E-state index in [1.807, 2.05) is 42.5 Å². The molecule has 23 heavy (non-hydrogen) atoms. The van der Waals surface area contributed by atoms with Gasteiger partial charge in [-0.1, -0.05) is 42.5 Å². The van der Waals surface area contributed by atoms with Crippen LogP contribution in [0, 0.1) is 0 Å². The molecule has 0 unspecified atom stereocenters. The van der Waals surface area contributed by atoms with Crippen molar-refractivity contribution in [3.05, 3.63) is 65.7 Å². The molecule has 2 aromatic rings. The van der Waals surface area contributed by atoms with Gasteiger partial charge in [-0.15, -0.1) is 0 Å². The van der Waals surface area contributed by atoms with Crippen LogP contribution in [0.4, 0.5) is 0 Å². The number of rotatable bonds is 7. The van der Waals surface area contributed by atoms with Gasteiger partial charge in [-0.25, -0.2) is 0 Å². The second-order valence-corrected chi connectivity index (χ2v) is 5.41. The minimum Gasteiger partial charge on any atom is -0.497 e. The summed E-state index contributed by atoms with van der Waals surface area (Å²) in [7, 11) is 3.05. The molecule has 0 aliphatic rings. The van der Waals surface area contributed by atoms with Gasteiger partial charge in [0.15, 0.2) is 0 Å². The highest BCUT2D eigenvalue weighted by Crippen LogP contribution is 2.24. The average Bonchev–Trinajstić information content (AvgIpc) is 2.61. The van der Waals surface area contributed by atoms with Crippen LogP contribution < -0.4 is 10.1 Å². The molecule has 0 spiro atoms. The second kappa shape index (κ2) is 8.34. The minimum absolute atomic E-state index is 0.118. The number of benzene rings is 2. The fourth-order valence-corrected chi connectivity index (χ4v) is 2.50. The van der Waals surface area contributed by atoms with E-state index in [2.05, 4.69) is 24.4 Å². The van der Waals surface area contributed by atoms with E-state index in [1.165, 1.54) is 12.7 Å². The van der Waals surface area contributed by atoms with Gasteiger partial charge in [0.2, 0.25) is 0 Å². The molecule has 1 N–H and O–H groups in total. The van der Waals surface area contributed by atoms with Crippen molar-refractivity contribution < 1.29 is 14.3 Å². The van der Waals surface area contributed by atoms with Gasteiger partial charge in [0, 0.05) is 12.1 Å². The Balaban J connectivity index is 2.17. The summed E-state index contributed by atoms with van der Waals surface area (Å²) in [6, 6.07) is 17.9. The maximum Gasteiger partial charge on any atom is 0.307 e. The Bertz CT molecular complexity index is 610. The van der Waals surface area contributed by atoms with Crippen LogP contribution in [0.15, 0.2) is 54.6 Å². The zero-order valence-electron chi connectivity index (χ0n) is 13.8. The van der Waals surface area contributed by atoms with Gasteiger partial charge in [0.25, 0.3) is 0 Å². The Morgan fingerprint density at radius 2 is 1.65 bits per heavy atom. The van der Waals surface area contributed by atoms with Crippen LogP contribution in [0.2, 0.25) is 0 Å². The molecule has 0 aliphatic carbocycles. The quantitative estimate of drug-likeness (QED) is 0.793. The van der Waals surface area contributed by atoms with Crippen LogP contribution in [-0.4, -0.2) is 20.2 Å². The van der Waals surface area contributed by atoms with E-state index in [1.54, 1.807) is 7.11 Å². The van der Waals surface area contributed by atoms with E-state index in [-0.39, 0.29) is 24.5 Å². The first-order valence-corrected chi connectivity index (χ1v) is 7.65. The first-order chi connectivity index (χ1) is 11.1. The smallest absolute Gasteiger partial charge is 0.307 e. The highest BCUT2D eigenvalue weighted by atomic mass is 16.5. The largest absolute Gasteiger partial charge is 0.497 e. The van der Waals surface area contributed by atoms with E-state index in [0.717, 1.165) is 11.3 Å². The van der Waals surface area contributed by atoms with Crippen molar-refractivity contribution in [2.45, 2.75) is 25.4 Å². The maximum absolute atomic E-state index is 11.7. The number of hydrogen-bond acceptors (Lipinski definition) is 4. The summed E-state index contributed by atoms with van der Waals surface area (Å²) in [5.41, 5.74) is 2.20. The summed E-state index contributed by atoms with van der Waals surface area (Å²) in [5.74, 6) is 0.556. The lowest BCUT2D eigenvalue weighted by molar-refractivity contribution is -0.141. The predicted octanol–water partition coefficient (Wildman–Crippen LogP) is 3.65. The van der Waals surface area contributed by atoms with Gasteiger partial charge in [0.1, 0.15) is 5.75 Å². The molecule has 4 heteroatoms. The summed E-state index contributed by atoms with van der Waals surface area (Å²) in [6.45, 7) is 2.09. The molecule has 0 aromatic heterocycles. The van der Waals surface area contributed by atoms with Crippen molar-refractivity contribution in [2.24, 2.45) is 0 Å². The molecule has 0 heterocycles. The van der Waals surface area contributed by atoms with Crippen molar-refractivity contribution in [1.82, 2.24) is 5.32 Å². The molecule has 0 amide bonds. The Labute approximate surface area is 137 Å². The van der Waals surface area contributed by atoms with Crippen LogP contribution in [0.5, 0.6) is 5.75 Å². The summed E-state index contributed by atoms with van der Waals surface area (Å²) in [6.07, 6.45) is 0.278. The van der Waals surface area contributed by atoms with E-state index in [4.69, 9.17) is 9.47 Å². The number of hydrogen-bond donors (Lipinski definition) is 1. The number of carbonyl (C=O) groups excluding carboxylic acids is 1. The van der Waals surface area contributed by atoms with E-state index >= 15 is 0 Å². The monoisotopic (exact) mass is 313 g/mol. The minimum atomic E-state index is -0.237. The summed E-state index contributed by atoms with van der Waals surface area (Å²) >= 11 is 0. The third kappa shape index (κ3) is 4.83. The van der Waals surface area contributed by atoms with Crippen molar-refractivity contribution in [3.8, 4) is 5.75 Å². The molecule has 0 aliphatic heterocycles. The second-order valence-electron chi connectivity index (χ2n) is 5.41. The molecule has 4 nitrogen and oxygen atoms in total. The van der Waals surface area contributed by atoms with Gasteiger partial charge in [0.05, 0.1) is 20.6 Å². The number of methoxy groups -OCH3 is 2. The van der Waals surface area contributed by atoms with Crippen LogP contribution in [-0.2, 0) is 9.53 Å². The number of ether oxygens (including phenoxy) is 2. The lowest BCUT2D eigenvalue weighted by atomic mass is 10.0. The first kappa shape index (κ1) is 17.0. The molecule has 2 aromatic carbocycles. The Kier molecular flexibility index (Phi) is 6.18. The van der Waals surface area contributed by atoms with Crippen LogP contribution in [0.3, 0.4) is 0 Å². The summed E-state index contributed by atoms with van der Waals surface area (Å²) in [5, 5.41) is 3.51.